The van der Waals surface area contributed by atoms with E-state index >= 15 is 0 Å². The first kappa shape index (κ1) is 12.8. The molecule has 0 saturated carbocycles. The highest BCUT2D eigenvalue weighted by Crippen LogP contribution is 1.94. The number of rotatable bonds is 3. The van der Waals surface area contributed by atoms with Gasteiger partial charge in [-0.05, 0) is 12.5 Å². The van der Waals surface area contributed by atoms with E-state index < -0.39 is 0 Å². The molecule has 2 N–H and O–H groups in total. The second-order valence-electron chi connectivity index (χ2n) is 2.04. The van der Waals surface area contributed by atoms with E-state index in [4.69, 9.17) is 5.73 Å². The molecule has 0 bridgehead atoms. The Morgan fingerprint density at radius 1 is 1.27 bits per heavy atom. The number of nitrogens with two attached hydrogens (primary N) is 1. The van der Waals surface area contributed by atoms with Crippen LogP contribution in [0.1, 0.15) is 20.8 Å². The minimum atomic E-state index is 0.518. The van der Waals surface area contributed by atoms with Crippen LogP contribution in [0.2, 0.25) is 0 Å². The highest BCUT2D eigenvalue weighted by atomic mass is 14.5. The molecule has 1 nitrogen and oxygen atoms in total. The van der Waals surface area contributed by atoms with Crippen molar-refractivity contribution in [3.63, 3.8) is 0 Å². The highest BCUT2D eigenvalue weighted by molar-refractivity contribution is 5.23. The molecule has 1 heteroatoms. The summed E-state index contributed by atoms with van der Waals surface area (Å²) in [5, 5.41) is 0. The van der Waals surface area contributed by atoms with Gasteiger partial charge in [-0.1, -0.05) is 44.7 Å². The van der Waals surface area contributed by atoms with Gasteiger partial charge in [-0.2, -0.15) is 0 Å². The second-order valence-corrected chi connectivity index (χ2v) is 2.04. The van der Waals surface area contributed by atoms with Gasteiger partial charge in [0.2, 0.25) is 0 Å². The molecule has 0 aromatic carbocycles. The number of allylic oxidation sites excluding steroid dienone is 2. The fourth-order valence-corrected chi connectivity index (χ4v) is 0.328. The molecule has 0 aliphatic heterocycles. The molecule has 0 fully saturated rings. The van der Waals surface area contributed by atoms with Crippen LogP contribution < -0.4 is 5.73 Å². The SMILES string of the molecule is C=C(C)/C=C\C(=C)CN.CC. The monoisotopic (exact) mass is 153 g/mol. The van der Waals surface area contributed by atoms with Crippen molar-refractivity contribution in [1.82, 2.24) is 0 Å². The van der Waals surface area contributed by atoms with Crippen LogP contribution in [0.5, 0.6) is 0 Å². The zero-order chi connectivity index (χ0) is 9.28. The molecule has 0 aromatic heterocycles. The van der Waals surface area contributed by atoms with E-state index in [2.05, 4.69) is 13.2 Å². The molecule has 0 aliphatic rings. The Hall–Kier alpha value is -0.820. The van der Waals surface area contributed by atoms with E-state index in [9.17, 15) is 0 Å². The summed E-state index contributed by atoms with van der Waals surface area (Å²) in [5.41, 5.74) is 7.22. The first-order chi connectivity index (χ1) is 5.16. The van der Waals surface area contributed by atoms with Crippen LogP contribution in [0.4, 0.5) is 0 Å². The fraction of sp³-hybridized carbons (Fsp3) is 0.400. The predicted molar refractivity (Wildman–Crippen MR) is 53.5 cm³/mol. The number of hydrogen-bond acceptors (Lipinski definition) is 1. The number of hydrogen-bond donors (Lipinski definition) is 1. The maximum absolute atomic E-state index is 5.28. The Morgan fingerprint density at radius 3 is 2.00 bits per heavy atom. The molecule has 64 valence electrons. The molecular formula is C10H19N. The van der Waals surface area contributed by atoms with Crippen molar-refractivity contribution in [3.05, 3.63) is 36.5 Å². The molecule has 0 unspecified atom stereocenters. The van der Waals surface area contributed by atoms with E-state index in [1.807, 2.05) is 32.9 Å². The normalized spacial score (nSPS) is 8.73. The summed E-state index contributed by atoms with van der Waals surface area (Å²) >= 11 is 0. The van der Waals surface area contributed by atoms with Gasteiger partial charge in [0.25, 0.3) is 0 Å². The molecule has 0 radical (unpaired) electrons. The average Bonchev–Trinajstić information content (AvgIpc) is 2.04. The van der Waals surface area contributed by atoms with Crippen LogP contribution in [0.3, 0.4) is 0 Å². The van der Waals surface area contributed by atoms with Crippen molar-refractivity contribution in [3.8, 4) is 0 Å². The lowest BCUT2D eigenvalue weighted by Gasteiger charge is -1.90. The zero-order valence-electron chi connectivity index (χ0n) is 7.85. The minimum absolute atomic E-state index is 0.518. The first-order valence-electron chi connectivity index (χ1n) is 3.88. The molecule has 0 amide bonds. The van der Waals surface area contributed by atoms with Gasteiger partial charge < -0.3 is 5.73 Å². The topological polar surface area (TPSA) is 26.0 Å². The van der Waals surface area contributed by atoms with Crippen LogP contribution in [0.15, 0.2) is 36.5 Å². The first-order valence-corrected chi connectivity index (χ1v) is 3.88. The summed E-state index contributed by atoms with van der Waals surface area (Å²) in [7, 11) is 0. The van der Waals surface area contributed by atoms with Crippen molar-refractivity contribution in [2.45, 2.75) is 20.8 Å². The molecule has 11 heavy (non-hydrogen) atoms. The summed E-state index contributed by atoms with van der Waals surface area (Å²) in [6.45, 7) is 13.8. The Balaban J connectivity index is 0. The van der Waals surface area contributed by atoms with E-state index in [1.165, 1.54) is 0 Å². The van der Waals surface area contributed by atoms with Crippen LogP contribution in [0.25, 0.3) is 0 Å². The van der Waals surface area contributed by atoms with Crippen molar-refractivity contribution in [2.75, 3.05) is 6.54 Å². The van der Waals surface area contributed by atoms with Gasteiger partial charge in [-0.15, -0.1) is 0 Å². The lowest BCUT2D eigenvalue weighted by Crippen LogP contribution is -1.98. The van der Waals surface area contributed by atoms with Crippen LogP contribution in [-0.4, -0.2) is 6.54 Å². The van der Waals surface area contributed by atoms with E-state index in [0.717, 1.165) is 11.1 Å². The molecule has 0 aliphatic carbocycles. The van der Waals surface area contributed by atoms with Gasteiger partial charge in [-0.25, -0.2) is 0 Å². The maximum atomic E-state index is 5.28. The lowest BCUT2D eigenvalue weighted by molar-refractivity contribution is 1.19. The smallest absolute Gasteiger partial charge is 0.0172 e. The Labute approximate surface area is 70.3 Å². The third-order valence-corrected chi connectivity index (χ3v) is 0.866. The molecule has 0 spiro atoms. The lowest BCUT2D eigenvalue weighted by atomic mass is 10.2. The van der Waals surface area contributed by atoms with Gasteiger partial charge in [-0.3, -0.25) is 0 Å². The maximum Gasteiger partial charge on any atom is 0.0172 e. The van der Waals surface area contributed by atoms with Gasteiger partial charge in [0.1, 0.15) is 0 Å². The predicted octanol–water partition coefficient (Wildman–Crippen LogP) is 2.66. The quantitative estimate of drug-likeness (QED) is 0.620. The third kappa shape index (κ3) is 12.4. The van der Waals surface area contributed by atoms with E-state index in [1.54, 1.807) is 0 Å². The molecule has 0 saturated heterocycles. The highest BCUT2D eigenvalue weighted by Gasteiger charge is 1.79. The molecular weight excluding hydrogens is 134 g/mol. The van der Waals surface area contributed by atoms with Gasteiger partial charge >= 0.3 is 0 Å². The summed E-state index contributed by atoms with van der Waals surface area (Å²) in [4.78, 5) is 0. The molecule has 0 heterocycles. The van der Waals surface area contributed by atoms with Crippen LogP contribution in [-0.2, 0) is 0 Å². The zero-order valence-corrected chi connectivity index (χ0v) is 7.85. The van der Waals surface area contributed by atoms with Crippen LogP contribution >= 0.6 is 0 Å². The van der Waals surface area contributed by atoms with Gasteiger partial charge in [0, 0.05) is 6.54 Å². The van der Waals surface area contributed by atoms with Crippen molar-refractivity contribution < 1.29 is 0 Å². The van der Waals surface area contributed by atoms with Crippen molar-refractivity contribution >= 4 is 0 Å². The summed E-state index contributed by atoms with van der Waals surface area (Å²) < 4.78 is 0. The Morgan fingerprint density at radius 2 is 1.73 bits per heavy atom. The molecule has 0 rings (SSSR count). The van der Waals surface area contributed by atoms with Crippen LogP contribution in [0, 0.1) is 0 Å². The van der Waals surface area contributed by atoms with Crippen molar-refractivity contribution in [2.24, 2.45) is 5.73 Å². The Bertz CT molecular complexity index is 143. The third-order valence-electron chi connectivity index (χ3n) is 0.866. The second kappa shape index (κ2) is 9.18. The average molecular weight is 153 g/mol. The summed E-state index contributed by atoms with van der Waals surface area (Å²) in [5.74, 6) is 0. The van der Waals surface area contributed by atoms with Gasteiger partial charge in [0.15, 0.2) is 0 Å². The van der Waals surface area contributed by atoms with Gasteiger partial charge in [0.05, 0.1) is 0 Å². The minimum Gasteiger partial charge on any atom is -0.327 e. The summed E-state index contributed by atoms with van der Waals surface area (Å²) in [6, 6.07) is 0. The fourth-order valence-electron chi connectivity index (χ4n) is 0.328. The van der Waals surface area contributed by atoms with E-state index in [-0.39, 0.29) is 0 Å². The summed E-state index contributed by atoms with van der Waals surface area (Å²) in [6.07, 6.45) is 3.78. The van der Waals surface area contributed by atoms with E-state index in [0.29, 0.717) is 6.54 Å². The standard InChI is InChI=1S/C8H13N.C2H6/c1-7(2)4-5-8(3)6-9;1-2/h4-5H,1,3,6,9H2,2H3;1-2H3/b5-4-;. The molecule has 0 aromatic rings. The van der Waals surface area contributed by atoms with Crippen molar-refractivity contribution in [1.29, 1.82) is 0 Å². The molecule has 0 atom stereocenters. The largest absolute Gasteiger partial charge is 0.327 e. The Kier molecular flexibility index (Phi) is 10.7.